The molecule has 0 saturated heterocycles. The fourth-order valence-corrected chi connectivity index (χ4v) is 3.54. The molecule has 1 N–H and O–H groups in total. The van der Waals surface area contributed by atoms with Crippen LogP contribution >= 0.6 is 0 Å². The van der Waals surface area contributed by atoms with Crippen LogP contribution in [0, 0.1) is 5.82 Å². The smallest absolute Gasteiger partial charge is 0.221 e. The molecule has 2 aromatic carbocycles. The first kappa shape index (κ1) is 19.2. The lowest BCUT2D eigenvalue weighted by Gasteiger charge is -2.19. The van der Waals surface area contributed by atoms with Crippen molar-refractivity contribution >= 4 is 16.8 Å². The summed E-state index contributed by atoms with van der Waals surface area (Å²) >= 11 is 0. The lowest BCUT2D eigenvalue weighted by molar-refractivity contribution is -0.121. The minimum Gasteiger partial charge on any atom is -0.354 e. The van der Waals surface area contributed by atoms with Gasteiger partial charge in [0, 0.05) is 42.0 Å². The number of halogens is 1. The summed E-state index contributed by atoms with van der Waals surface area (Å²) in [4.78, 5) is 12.7. The zero-order chi connectivity index (χ0) is 19.4. The highest BCUT2D eigenvalue weighted by Crippen LogP contribution is 2.35. The Kier molecular flexibility index (Phi) is 5.94. The summed E-state index contributed by atoms with van der Waals surface area (Å²) in [6.45, 7) is 7.03. The molecule has 142 valence electrons. The Hall–Kier alpha value is -2.62. The van der Waals surface area contributed by atoms with Crippen molar-refractivity contribution in [3.8, 4) is 0 Å². The first-order valence-electron chi connectivity index (χ1n) is 9.66. The van der Waals surface area contributed by atoms with Gasteiger partial charge in [0.05, 0.1) is 0 Å². The Morgan fingerprint density at radius 1 is 1.11 bits per heavy atom. The molecule has 1 amide bonds. The van der Waals surface area contributed by atoms with Gasteiger partial charge < -0.3 is 9.88 Å². The summed E-state index contributed by atoms with van der Waals surface area (Å²) in [5.41, 5.74) is 3.22. The van der Waals surface area contributed by atoms with E-state index in [1.165, 1.54) is 12.1 Å². The van der Waals surface area contributed by atoms with Crippen molar-refractivity contribution in [2.45, 2.75) is 52.1 Å². The van der Waals surface area contributed by atoms with Crippen molar-refractivity contribution in [3.63, 3.8) is 0 Å². The Balaban J connectivity index is 2.04. The summed E-state index contributed by atoms with van der Waals surface area (Å²) in [6, 6.07) is 14.9. The highest BCUT2D eigenvalue weighted by Gasteiger charge is 2.23. The van der Waals surface area contributed by atoms with Crippen molar-refractivity contribution in [3.05, 3.63) is 71.7 Å². The van der Waals surface area contributed by atoms with E-state index in [9.17, 15) is 9.18 Å². The molecular weight excluding hydrogens is 339 g/mol. The molecule has 1 heterocycles. The minimum absolute atomic E-state index is 0.0204. The maximum absolute atomic E-state index is 13.5. The van der Waals surface area contributed by atoms with Gasteiger partial charge in [0.2, 0.25) is 5.91 Å². The number of carbonyl (C=O) groups is 1. The molecule has 3 rings (SSSR count). The first-order chi connectivity index (χ1) is 13.0. The molecule has 27 heavy (non-hydrogen) atoms. The summed E-state index contributed by atoms with van der Waals surface area (Å²) in [6.07, 6.45) is 3.37. The van der Waals surface area contributed by atoms with Crippen LogP contribution in [0.5, 0.6) is 0 Å². The number of amides is 1. The number of fused-ring (bicyclic) bond motifs is 1. The average molecular weight is 366 g/mol. The van der Waals surface area contributed by atoms with Crippen LogP contribution in [0.1, 0.15) is 50.7 Å². The van der Waals surface area contributed by atoms with Crippen LogP contribution in [0.25, 0.3) is 10.9 Å². The van der Waals surface area contributed by atoms with Gasteiger partial charge in [-0.1, -0.05) is 37.3 Å². The molecule has 4 heteroatoms. The lowest BCUT2D eigenvalue weighted by Crippen LogP contribution is -2.33. The number of rotatable bonds is 7. The maximum Gasteiger partial charge on any atom is 0.221 e. The Morgan fingerprint density at radius 3 is 2.48 bits per heavy atom. The van der Waals surface area contributed by atoms with Crippen LogP contribution in [-0.2, 0) is 11.3 Å². The van der Waals surface area contributed by atoms with Crippen LogP contribution < -0.4 is 5.32 Å². The van der Waals surface area contributed by atoms with Gasteiger partial charge >= 0.3 is 0 Å². The second kappa shape index (κ2) is 8.38. The normalized spacial score (nSPS) is 13.5. The van der Waals surface area contributed by atoms with E-state index < -0.39 is 0 Å². The average Bonchev–Trinajstić information content (AvgIpc) is 3.05. The van der Waals surface area contributed by atoms with Gasteiger partial charge in [0.15, 0.2) is 0 Å². The fourth-order valence-electron chi connectivity index (χ4n) is 3.54. The highest BCUT2D eigenvalue weighted by atomic mass is 19.1. The summed E-state index contributed by atoms with van der Waals surface area (Å²) in [5, 5.41) is 4.20. The zero-order valence-electron chi connectivity index (χ0n) is 16.2. The number of hydrogen-bond acceptors (Lipinski definition) is 1. The summed E-state index contributed by atoms with van der Waals surface area (Å²) < 4.78 is 15.7. The molecule has 1 aromatic heterocycles. The predicted octanol–water partition coefficient (Wildman–Crippen LogP) is 5.24. The van der Waals surface area contributed by atoms with Crippen LogP contribution in [0.3, 0.4) is 0 Å². The standard InChI is InChI=1S/C23H27FN2O/c1-4-16(3)25-23(27)14-20(17-10-12-18(24)13-11-17)21-15-26(5-2)22-9-7-6-8-19(21)22/h6-13,15-16,20H,4-5,14H2,1-3H3,(H,25,27). The third kappa shape index (κ3) is 4.21. The monoisotopic (exact) mass is 366 g/mol. The lowest BCUT2D eigenvalue weighted by atomic mass is 9.88. The quantitative estimate of drug-likeness (QED) is 0.610. The number of aryl methyl sites for hydroxylation is 1. The molecule has 0 radical (unpaired) electrons. The van der Waals surface area contributed by atoms with Gasteiger partial charge in [-0.05, 0) is 49.6 Å². The molecule has 3 aromatic rings. The molecule has 2 unspecified atom stereocenters. The predicted molar refractivity (Wildman–Crippen MR) is 108 cm³/mol. The molecule has 0 saturated carbocycles. The van der Waals surface area contributed by atoms with Gasteiger partial charge in [0.25, 0.3) is 0 Å². The van der Waals surface area contributed by atoms with Crippen LogP contribution in [0.15, 0.2) is 54.7 Å². The van der Waals surface area contributed by atoms with Crippen molar-refractivity contribution in [1.29, 1.82) is 0 Å². The Labute approximate surface area is 160 Å². The summed E-state index contributed by atoms with van der Waals surface area (Å²) in [7, 11) is 0. The third-order valence-electron chi connectivity index (χ3n) is 5.22. The number of aromatic nitrogens is 1. The molecule has 2 atom stereocenters. The van der Waals surface area contributed by atoms with Crippen molar-refractivity contribution in [2.75, 3.05) is 0 Å². The Morgan fingerprint density at radius 2 is 1.81 bits per heavy atom. The molecule has 0 spiro atoms. The topological polar surface area (TPSA) is 34.0 Å². The molecule has 0 bridgehead atoms. The molecule has 0 aliphatic rings. The van der Waals surface area contributed by atoms with E-state index in [1.54, 1.807) is 12.1 Å². The highest BCUT2D eigenvalue weighted by molar-refractivity contribution is 5.86. The first-order valence-corrected chi connectivity index (χ1v) is 9.66. The van der Waals surface area contributed by atoms with E-state index in [0.717, 1.165) is 35.0 Å². The van der Waals surface area contributed by atoms with Gasteiger partial charge in [-0.2, -0.15) is 0 Å². The molecule has 0 fully saturated rings. The number of nitrogens with one attached hydrogen (secondary N) is 1. The molecule has 3 nitrogen and oxygen atoms in total. The van der Waals surface area contributed by atoms with Gasteiger partial charge in [-0.3, -0.25) is 4.79 Å². The zero-order valence-corrected chi connectivity index (χ0v) is 16.2. The van der Waals surface area contributed by atoms with Crippen molar-refractivity contribution < 1.29 is 9.18 Å². The number of carbonyl (C=O) groups excluding carboxylic acids is 1. The second-order valence-electron chi connectivity index (χ2n) is 7.07. The van der Waals surface area contributed by atoms with Gasteiger partial charge in [0.1, 0.15) is 5.82 Å². The summed E-state index contributed by atoms with van der Waals surface area (Å²) in [5.74, 6) is -0.364. The SMILES string of the molecule is CCC(C)NC(=O)CC(c1ccc(F)cc1)c1cn(CC)c2ccccc12. The van der Waals surface area contributed by atoms with Crippen molar-refractivity contribution in [1.82, 2.24) is 9.88 Å². The number of benzene rings is 2. The number of para-hydroxylation sites is 1. The molecular formula is C23H27FN2O. The number of hydrogen-bond donors (Lipinski definition) is 1. The molecule has 0 aliphatic carbocycles. The van der Waals surface area contributed by atoms with Crippen molar-refractivity contribution in [2.24, 2.45) is 0 Å². The van der Waals surface area contributed by atoms with Crippen LogP contribution in [0.2, 0.25) is 0 Å². The molecule has 0 aliphatic heterocycles. The fraction of sp³-hybridized carbons (Fsp3) is 0.348. The van der Waals surface area contributed by atoms with Crippen LogP contribution in [0.4, 0.5) is 4.39 Å². The maximum atomic E-state index is 13.5. The van der Waals surface area contributed by atoms with E-state index in [-0.39, 0.29) is 23.7 Å². The Bertz CT molecular complexity index is 914. The van der Waals surface area contributed by atoms with E-state index in [1.807, 2.05) is 19.1 Å². The number of nitrogens with zero attached hydrogens (tertiary/aromatic N) is 1. The third-order valence-corrected chi connectivity index (χ3v) is 5.22. The van der Waals surface area contributed by atoms with E-state index in [2.05, 4.69) is 42.1 Å². The van der Waals surface area contributed by atoms with E-state index >= 15 is 0 Å². The van der Waals surface area contributed by atoms with Gasteiger partial charge in [-0.25, -0.2) is 4.39 Å². The van der Waals surface area contributed by atoms with Gasteiger partial charge in [-0.15, -0.1) is 0 Å². The largest absolute Gasteiger partial charge is 0.354 e. The minimum atomic E-state index is -0.266. The van der Waals surface area contributed by atoms with Crippen LogP contribution in [-0.4, -0.2) is 16.5 Å². The van der Waals surface area contributed by atoms with E-state index in [0.29, 0.717) is 6.42 Å². The van der Waals surface area contributed by atoms with E-state index in [4.69, 9.17) is 0 Å². The second-order valence-corrected chi connectivity index (χ2v) is 7.07.